The summed E-state index contributed by atoms with van der Waals surface area (Å²) in [4.78, 5) is 6.78. The average molecular weight is 196 g/mol. The predicted octanol–water partition coefficient (Wildman–Crippen LogP) is -0.104. The number of halogens is 1. The van der Waals surface area contributed by atoms with Crippen molar-refractivity contribution in [3.63, 3.8) is 0 Å². The van der Waals surface area contributed by atoms with Crippen LogP contribution in [0.15, 0.2) is 18.5 Å². The first kappa shape index (κ1) is 8.56. The third-order valence-corrected chi connectivity index (χ3v) is 2.01. The second-order valence-electron chi connectivity index (χ2n) is 2.67. The molecule has 2 heterocycles. The van der Waals surface area contributed by atoms with E-state index in [1.165, 1.54) is 12.4 Å². The van der Waals surface area contributed by atoms with Gasteiger partial charge in [-0.25, -0.2) is 4.98 Å². The highest BCUT2D eigenvalue weighted by Gasteiger charge is 2.16. The van der Waals surface area contributed by atoms with E-state index < -0.39 is 7.12 Å². The van der Waals surface area contributed by atoms with Gasteiger partial charge in [0.05, 0.1) is 5.02 Å². The number of hydrogen-bond acceptors (Lipinski definition) is 3. The first-order valence-electron chi connectivity index (χ1n) is 3.67. The van der Waals surface area contributed by atoms with Gasteiger partial charge < -0.3 is 15.0 Å². The van der Waals surface area contributed by atoms with Gasteiger partial charge in [-0.15, -0.1) is 0 Å². The molecule has 0 amide bonds. The van der Waals surface area contributed by atoms with Gasteiger partial charge in [0.1, 0.15) is 5.65 Å². The van der Waals surface area contributed by atoms with Gasteiger partial charge >= 0.3 is 7.12 Å². The monoisotopic (exact) mass is 196 g/mol. The van der Waals surface area contributed by atoms with Gasteiger partial charge in [0.25, 0.3) is 0 Å². The Kier molecular flexibility index (Phi) is 1.99. The van der Waals surface area contributed by atoms with Gasteiger partial charge in [0, 0.05) is 23.2 Å². The molecular formula is C7H6BClN2O2. The highest BCUT2D eigenvalue weighted by atomic mass is 35.5. The summed E-state index contributed by atoms with van der Waals surface area (Å²) in [5.41, 5.74) is 0.970. The molecule has 4 nitrogen and oxygen atoms in total. The topological polar surface area (TPSA) is 69.1 Å². The van der Waals surface area contributed by atoms with E-state index in [0.717, 1.165) is 0 Å². The Morgan fingerprint density at radius 1 is 1.46 bits per heavy atom. The lowest BCUT2D eigenvalue weighted by Gasteiger charge is -1.95. The smallest absolute Gasteiger partial charge is 0.423 e. The van der Waals surface area contributed by atoms with E-state index in [9.17, 15) is 0 Å². The first-order valence-corrected chi connectivity index (χ1v) is 4.05. The van der Waals surface area contributed by atoms with E-state index in [4.69, 9.17) is 21.6 Å². The van der Waals surface area contributed by atoms with Crippen LogP contribution in [-0.2, 0) is 0 Å². The molecule has 0 aliphatic rings. The second-order valence-corrected chi connectivity index (χ2v) is 3.10. The van der Waals surface area contributed by atoms with E-state index >= 15 is 0 Å². The van der Waals surface area contributed by atoms with Crippen molar-refractivity contribution in [2.45, 2.75) is 0 Å². The molecule has 0 aromatic carbocycles. The molecule has 0 spiro atoms. The molecule has 13 heavy (non-hydrogen) atoms. The molecule has 2 rings (SSSR count). The van der Waals surface area contributed by atoms with Gasteiger partial charge in [-0.3, -0.25) is 0 Å². The summed E-state index contributed by atoms with van der Waals surface area (Å²) in [7, 11) is -1.51. The fourth-order valence-electron chi connectivity index (χ4n) is 1.21. The Balaban J connectivity index is 2.71. The van der Waals surface area contributed by atoms with Crippen LogP contribution in [-0.4, -0.2) is 27.1 Å². The molecule has 0 saturated carbocycles. The van der Waals surface area contributed by atoms with Crippen molar-refractivity contribution in [2.24, 2.45) is 0 Å². The predicted molar refractivity (Wildman–Crippen MR) is 50.9 cm³/mol. The minimum Gasteiger partial charge on any atom is -0.423 e. The third kappa shape index (κ3) is 1.41. The number of aromatic nitrogens is 2. The lowest BCUT2D eigenvalue weighted by Crippen LogP contribution is -2.28. The van der Waals surface area contributed by atoms with Crippen LogP contribution < -0.4 is 5.46 Å². The van der Waals surface area contributed by atoms with Crippen LogP contribution in [0.1, 0.15) is 0 Å². The number of rotatable bonds is 1. The summed E-state index contributed by atoms with van der Waals surface area (Å²) < 4.78 is 0. The zero-order valence-corrected chi connectivity index (χ0v) is 7.28. The fraction of sp³-hybridized carbons (Fsp3) is 0. The normalized spacial score (nSPS) is 10.7. The van der Waals surface area contributed by atoms with Gasteiger partial charge in [-0.2, -0.15) is 0 Å². The van der Waals surface area contributed by atoms with Crippen LogP contribution in [0.25, 0.3) is 11.0 Å². The molecule has 3 N–H and O–H groups in total. The van der Waals surface area contributed by atoms with Crippen LogP contribution in [0.4, 0.5) is 0 Å². The first-order chi connectivity index (χ1) is 6.18. The van der Waals surface area contributed by atoms with E-state index in [1.54, 1.807) is 6.07 Å². The molecule has 66 valence electrons. The van der Waals surface area contributed by atoms with Crippen molar-refractivity contribution in [2.75, 3.05) is 0 Å². The Morgan fingerprint density at radius 2 is 2.23 bits per heavy atom. The third-order valence-electron chi connectivity index (χ3n) is 1.81. The Morgan fingerprint density at radius 3 is 2.92 bits per heavy atom. The van der Waals surface area contributed by atoms with Crippen LogP contribution in [0.2, 0.25) is 5.02 Å². The van der Waals surface area contributed by atoms with Gasteiger partial charge in [0.2, 0.25) is 0 Å². The number of fused-ring (bicyclic) bond motifs is 1. The maximum Gasteiger partial charge on any atom is 0.490 e. The molecular weight excluding hydrogens is 190 g/mol. The number of nitrogens with zero attached hydrogens (tertiary/aromatic N) is 1. The largest absolute Gasteiger partial charge is 0.490 e. The summed E-state index contributed by atoms with van der Waals surface area (Å²) in [5.74, 6) is 0. The van der Waals surface area contributed by atoms with Crippen molar-refractivity contribution in [3.05, 3.63) is 23.5 Å². The Bertz CT molecular complexity index is 443. The van der Waals surface area contributed by atoms with Crippen molar-refractivity contribution < 1.29 is 10.0 Å². The summed E-state index contributed by atoms with van der Waals surface area (Å²) >= 11 is 5.71. The van der Waals surface area contributed by atoms with Crippen molar-refractivity contribution >= 4 is 35.2 Å². The van der Waals surface area contributed by atoms with E-state index in [0.29, 0.717) is 21.5 Å². The highest BCUT2D eigenvalue weighted by Crippen LogP contribution is 2.13. The van der Waals surface area contributed by atoms with Gasteiger partial charge in [-0.1, -0.05) is 11.6 Å². The number of nitrogens with one attached hydrogen (secondary N) is 1. The minimum atomic E-state index is -1.51. The molecule has 0 unspecified atom stereocenters. The number of H-pyrrole nitrogens is 1. The maximum absolute atomic E-state index is 8.97. The molecule has 0 saturated heterocycles. The number of pyridine rings is 1. The van der Waals surface area contributed by atoms with Crippen molar-refractivity contribution in [3.8, 4) is 0 Å². The van der Waals surface area contributed by atoms with Crippen molar-refractivity contribution in [1.82, 2.24) is 9.97 Å². The van der Waals surface area contributed by atoms with E-state index in [-0.39, 0.29) is 0 Å². The summed E-state index contributed by atoms with van der Waals surface area (Å²) in [6.45, 7) is 0. The van der Waals surface area contributed by atoms with Crippen molar-refractivity contribution in [1.29, 1.82) is 0 Å². The van der Waals surface area contributed by atoms with Gasteiger partial charge in [0.15, 0.2) is 0 Å². The average Bonchev–Trinajstić information content (AvgIpc) is 2.46. The quantitative estimate of drug-likeness (QED) is 0.558. The standard InChI is InChI=1S/C7H6BClN2O2/c9-4-1-5-6(8(12)13)3-11-7(5)10-2-4/h1-3,12-13H,(H,10,11). The molecule has 0 atom stereocenters. The maximum atomic E-state index is 8.97. The second kappa shape index (κ2) is 3.03. The summed E-state index contributed by atoms with van der Waals surface area (Å²) in [5, 5.41) is 19.0. The van der Waals surface area contributed by atoms with Gasteiger partial charge in [-0.05, 0) is 6.07 Å². The lowest BCUT2D eigenvalue weighted by molar-refractivity contribution is 0.426. The zero-order chi connectivity index (χ0) is 9.42. The van der Waals surface area contributed by atoms with Crippen LogP contribution in [0, 0.1) is 0 Å². The van der Waals surface area contributed by atoms with Crippen LogP contribution >= 0.6 is 11.6 Å². The molecule has 0 aliphatic carbocycles. The van der Waals surface area contributed by atoms with E-state index in [2.05, 4.69) is 9.97 Å². The van der Waals surface area contributed by atoms with Crippen LogP contribution in [0.5, 0.6) is 0 Å². The molecule has 6 heteroatoms. The SMILES string of the molecule is OB(O)c1c[nH]c2ncc(Cl)cc12. The molecule has 2 aromatic heterocycles. The van der Waals surface area contributed by atoms with Crippen LogP contribution in [0.3, 0.4) is 0 Å². The summed E-state index contributed by atoms with van der Waals surface area (Å²) in [6, 6.07) is 1.63. The number of hydrogen-bond donors (Lipinski definition) is 3. The Hall–Kier alpha value is -1.04. The lowest BCUT2D eigenvalue weighted by atomic mass is 9.80. The number of aromatic amines is 1. The molecule has 0 fully saturated rings. The molecule has 0 radical (unpaired) electrons. The summed E-state index contributed by atoms with van der Waals surface area (Å²) in [6.07, 6.45) is 2.99. The molecule has 0 bridgehead atoms. The fourth-order valence-corrected chi connectivity index (χ4v) is 1.37. The highest BCUT2D eigenvalue weighted by molar-refractivity contribution is 6.62. The Labute approximate surface area is 79.3 Å². The van der Waals surface area contributed by atoms with E-state index in [1.807, 2.05) is 0 Å². The minimum absolute atomic E-state index is 0.380. The molecule has 2 aromatic rings. The zero-order valence-electron chi connectivity index (χ0n) is 6.53. The molecule has 0 aliphatic heterocycles.